The molecule has 0 radical (unpaired) electrons. The lowest BCUT2D eigenvalue weighted by molar-refractivity contribution is 0.198. The van der Waals surface area contributed by atoms with Crippen LogP contribution in [-0.4, -0.2) is 35.5 Å². The summed E-state index contributed by atoms with van der Waals surface area (Å²) >= 11 is 1.55. The molecule has 2 unspecified atom stereocenters. The van der Waals surface area contributed by atoms with E-state index in [0.717, 1.165) is 16.6 Å². The first-order valence-corrected chi connectivity index (χ1v) is 8.83. The van der Waals surface area contributed by atoms with E-state index in [0.29, 0.717) is 6.04 Å². The highest BCUT2D eigenvalue weighted by molar-refractivity contribution is 7.13. The molecule has 1 aliphatic rings. The van der Waals surface area contributed by atoms with Crippen molar-refractivity contribution >= 4 is 22.7 Å². The number of ether oxygens (including phenoxy) is 1. The van der Waals surface area contributed by atoms with Gasteiger partial charge in [0.15, 0.2) is 5.13 Å². The average molecular weight is 347 g/mol. The number of hydrogen-bond acceptors (Lipinski definition) is 6. The van der Waals surface area contributed by atoms with E-state index in [9.17, 15) is 5.11 Å². The molecule has 0 fully saturated rings. The van der Waals surface area contributed by atoms with Crippen LogP contribution in [0.1, 0.15) is 33.4 Å². The molecule has 5 nitrogen and oxygen atoms in total. The zero-order valence-electron chi connectivity index (χ0n) is 14.8. The van der Waals surface area contributed by atoms with E-state index in [1.165, 1.54) is 0 Å². The van der Waals surface area contributed by atoms with Crippen molar-refractivity contribution in [1.82, 2.24) is 4.98 Å². The van der Waals surface area contributed by atoms with Crippen LogP contribution in [0.2, 0.25) is 0 Å². The predicted molar refractivity (Wildman–Crippen MR) is 101 cm³/mol. The van der Waals surface area contributed by atoms with Gasteiger partial charge in [0.2, 0.25) is 0 Å². The number of aliphatic hydroxyl groups excluding tert-OH is 1. The highest BCUT2D eigenvalue weighted by Crippen LogP contribution is 2.39. The lowest BCUT2D eigenvalue weighted by atomic mass is 9.77. The van der Waals surface area contributed by atoms with Gasteiger partial charge in [-0.3, -0.25) is 4.99 Å². The number of nitrogens with one attached hydrogen (secondary N) is 1. The summed E-state index contributed by atoms with van der Waals surface area (Å²) in [5, 5.41) is 16.0. The molecule has 0 spiro atoms. The van der Waals surface area contributed by atoms with Crippen molar-refractivity contribution < 1.29 is 9.84 Å². The molecule has 2 rings (SSSR count). The summed E-state index contributed by atoms with van der Waals surface area (Å²) in [6.07, 6.45) is 9.02. The highest BCUT2D eigenvalue weighted by atomic mass is 32.1. The zero-order valence-corrected chi connectivity index (χ0v) is 15.6. The zero-order chi connectivity index (χ0) is 17.7. The highest BCUT2D eigenvalue weighted by Gasteiger charge is 2.37. The second kappa shape index (κ2) is 7.66. The van der Waals surface area contributed by atoms with Gasteiger partial charge in [-0.25, -0.2) is 4.98 Å². The average Bonchev–Trinajstić information content (AvgIpc) is 2.96. The molecule has 1 aromatic rings. The Morgan fingerprint density at radius 2 is 2.29 bits per heavy atom. The predicted octanol–water partition coefficient (Wildman–Crippen LogP) is 4.32. The minimum Gasteiger partial charge on any atom is -0.508 e. The first-order valence-electron chi connectivity index (χ1n) is 7.95. The van der Waals surface area contributed by atoms with E-state index in [-0.39, 0.29) is 11.8 Å². The number of aliphatic imine (C=N–C) groups is 1. The maximum atomic E-state index is 9.86. The van der Waals surface area contributed by atoms with Crippen LogP contribution >= 0.6 is 11.3 Å². The topological polar surface area (TPSA) is 66.7 Å². The third kappa shape index (κ3) is 4.06. The van der Waals surface area contributed by atoms with Gasteiger partial charge in [0.1, 0.15) is 11.5 Å². The van der Waals surface area contributed by atoms with Crippen LogP contribution in [0, 0.1) is 5.41 Å². The Balaban J connectivity index is 2.24. The Labute approximate surface area is 147 Å². The number of methoxy groups -OCH3 is 1. The number of allylic oxidation sites excluding steroid dienone is 2. The molecule has 130 valence electrons. The molecule has 2 N–H and O–H groups in total. The van der Waals surface area contributed by atoms with Crippen molar-refractivity contribution in [3.63, 3.8) is 0 Å². The fourth-order valence-electron chi connectivity index (χ4n) is 2.64. The van der Waals surface area contributed by atoms with Gasteiger partial charge in [-0.2, -0.15) is 0 Å². The minimum absolute atomic E-state index is 0.210. The number of nitrogens with zero attached hydrogens (tertiary/aromatic N) is 2. The van der Waals surface area contributed by atoms with E-state index >= 15 is 0 Å². The second-order valence-electron chi connectivity index (χ2n) is 6.16. The molecular formula is C18H25N3O2S. The quantitative estimate of drug-likeness (QED) is 0.594. The van der Waals surface area contributed by atoms with Crippen LogP contribution in [-0.2, 0) is 4.74 Å². The van der Waals surface area contributed by atoms with Gasteiger partial charge >= 0.3 is 0 Å². The summed E-state index contributed by atoms with van der Waals surface area (Å²) in [7, 11) is 1.65. The van der Waals surface area contributed by atoms with Gasteiger partial charge in [-0.1, -0.05) is 6.08 Å². The summed E-state index contributed by atoms with van der Waals surface area (Å²) in [6, 6.07) is 0.0726. The van der Waals surface area contributed by atoms with Gasteiger partial charge in [-0.15, -0.1) is 11.3 Å². The van der Waals surface area contributed by atoms with Gasteiger partial charge in [-0.05, 0) is 45.9 Å². The molecule has 0 saturated heterocycles. The van der Waals surface area contributed by atoms with Crippen LogP contribution in [0.5, 0.6) is 0 Å². The summed E-state index contributed by atoms with van der Waals surface area (Å²) in [4.78, 5) is 9.15. The first-order chi connectivity index (χ1) is 11.4. The third-order valence-corrected chi connectivity index (χ3v) is 4.65. The molecular weight excluding hydrogens is 322 g/mol. The maximum Gasteiger partial charge on any atom is 0.183 e. The molecule has 0 amide bonds. The molecule has 1 aromatic heterocycles. The summed E-state index contributed by atoms with van der Waals surface area (Å²) in [5.74, 6) is 1.02. The van der Waals surface area contributed by atoms with Crippen LogP contribution < -0.4 is 5.32 Å². The Hall–Kier alpha value is -2.08. The van der Waals surface area contributed by atoms with E-state index in [1.54, 1.807) is 36.8 Å². The van der Waals surface area contributed by atoms with Crippen molar-refractivity contribution in [2.24, 2.45) is 10.4 Å². The van der Waals surface area contributed by atoms with Crippen LogP contribution in [0.4, 0.5) is 5.13 Å². The molecule has 0 aromatic carbocycles. The molecule has 2 atom stereocenters. The molecule has 6 heteroatoms. The lowest BCUT2D eigenvalue weighted by Gasteiger charge is -2.34. The monoisotopic (exact) mass is 347 g/mol. The largest absolute Gasteiger partial charge is 0.508 e. The van der Waals surface area contributed by atoms with Crippen LogP contribution in [0.15, 0.2) is 46.2 Å². The van der Waals surface area contributed by atoms with Crippen molar-refractivity contribution in [3.05, 3.63) is 46.9 Å². The number of anilines is 1. The van der Waals surface area contributed by atoms with Crippen molar-refractivity contribution in [1.29, 1.82) is 0 Å². The standard InChI is InChI=1S/C18H25N3O2S/c1-6-16(23-5)18(4)8-7-14(22)9-15(18)19-10-13-11-24-17(21-13)20-12(2)3/h6-12,15,22H,1-5H3,(H,20,21)/b16-6+,19-10?. The molecule has 0 bridgehead atoms. The van der Waals surface area contributed by atoms with E-state index in [4.69, 9.17) is 4.74 Å². The molecule has 0 aliphatic heterocycles. The van der Waals surface area contributed by atoms with E-state index in [2.05, 4.69) is 29.1 Å². The smallest absolute Gasteiger partial charge is 0.183 e. The van der Waals surface area contributed by atoms with Gasteiger partial charge in [0, 0.05) is 17.6 Å². The molecule has 1 heterocycles. The Morgan fingerprint density at radius 1 is 1.54 bits per heavy atom. The third-order valence-electron chi connectivity index (χ3n) is 3.86. The fourth-order valence-corrected chi connectivity index (χ4v) is 3.45. The minimum atomic E-state index is -0.443. The number of aliphatic hydroxyl groups is 1. The lowest BCUT2D eigenvalue weighted by Crippen LogP contribution is -2.33. The Kier molecular flexibility index (Phi) is 5.83. The molecule has 1 aliphatic carbocycles. The van der Waals surface area contributed by atoms with Crippen molar-refractivity contribution in [2.45, 2.75) is 39.8 Å². The molecule has 24 heavy (non-hydrogen) atoms. The summed E-state index contributed by atoms with van der Waals surface area (Å²) in [5.41, 5.74) is 0.355. The van der Waals surface area contributed by atoms with Gasteiger partial charge in [0.05, 0.1) is 24.3 Å². The summed E-state index contributed by atoms with van der Waals surface area (Å²) < 4.78 is 5.51. The van der Waals surface area contributed by atoms with Crippen molar-refractivity contribution in [3.8, 4) is 0 Å². The SMILES string of the molecule is C/C=C(/OC)C1(C)C=CC(O)=CC1N=Cc1csc(NC(C)C)n1. The maximum absolute atomic E-state index is 9.86. The number of rotatable bonds is 6. The fraction of sp³-hybridized carbons (Fsp3) is 0.444. The number of aromatic nitrogens is 1. The Bertz CT molecular complexity index is 688. The van der Waals surface area contributed by atoms with Crippen LogP contribution in [0.25, 0.3) is 0 Å². The van der Waals surface area contributed by atoms with E-state index < -0.39 is 5.41 Å². The normalized spacial score (nSPS) is 24.5. The first kappa shape index (κ1) is 18.3. The van der Waals surface area contributed by atoms with Crippen LogP contribution in [0.3, 0.4) is 0 Å². The second-order valence-corrected chi connectivity index (χ2v) is 7.02. The summed E-state index contributed by atoms with van der Waals surface area (Å²) in [6.45, 7) is 8.12. The van der Waals surface area contributed by atoms with Crippen molar-refractivity contribution in [2.75, 3.05) is 12.4 Å². The number of hydrogen-bond donors (Lipinski definition) is 2. The Morgan fingerprint density at radius 3 is 2.92 bits per heavy atom. The van der Waals surface area contributed by atoms with Gasteiger partial charge in [0.25, 0.3) is 0 Å². The van der Waals surface area contributed by atoms with E-state index in [1.807, 2.05) is 31.4 Å². The molecule has 0 saturated carbocycles. The number of thiazole rings is 1. The van der Waals surface area contributed by atoms with Gasteiger partial charge < -0.3 is 15.2 Å².